The van der Waals surface area contributed by atoms with Crippen molar-refractivity contribution < 1.29 is 9.25 Å². The van der Waals surface area contributed by atoms with Gasteiger partial charge in [0.15, 0.2) is 5.58 Å². The van der Waals surface area contributed by atoms with Crippen LogP contribution in [-0.4, -0.2) is 4.98 Å². The molecule has 0 bridgehead atoms. The van der Waals surface area contributed by atoms with Gasteiger partial charge >= 0.3 is 5.76 Å². The molecule has 0 amide bonds. The van der Waals surface area contributed by atoms with Crippen LogP contribution < -0.4 is 11.7 Å². The first kappa shape index (κ1) is 8.03. The average molecular weight is 180 g/mol. The molecular formula is C8H8N2O3. The molecule has 0 atom stereocenters. The van der Waals surface area contributed by atoms with Crippen LogP contribution in [0.5, 0.6) is 0 Å². The molecule has 68 valence electrons. The van der Waals surface area contributed by atoms with Crippen molar-refractivity contribution in [2.24, 2.45) is 5.90 Å². The number of nitrogens with two attached hydrogens (primary N) is 1. The summed E-state index contributed by atoms with van der Waals surface area (Å²) in [7, 11) is 0. The van der Waals surface area contributed by atoms with Gasteiger partial charge in [0.05, 0.1) is 12.1 Å². The minimum Gasteiger partial charge on any atom is -0.408 e. The molecule has 0 aliphatic carbocycles. The third-order valence-corrected chi connectivity index (χ3v) is 1.78. The van der Waals surface area contributed by atoms with E-state index in [4.69, 9.17) is 10.3 Å². The van der Waals surface area contributed by atoms with Crippen LogP contribution in [-0.2, 0) is 11.4 Å². The summed E-state index contributed by atoms with van der Waals surface area (Å²) in [5, 5.41) is 0. The van der Waals surface area contributed by atoms with E-state index in [0.717, 1.165) is 5.56 Å². The molecular weight excluding hydrogens is 172 g/mol. The molecule has 2 aromatic rings. The van der Waals surface area contributed by atoms with Crippen LogP contribution in [0.3, 0.4) is 0 Å². The summed E-state index contributed by atoms with van der Waals surface area (Å²) in [6.07, 6.45) is 0. The summed E-state index contributed by atoms with van der Waals surface area (Å²) < 4.78 is 4.85. The van der Waals surface area contributed by atoms with E-state index in [-0.39, 0.29) is 6.61 Å². The number of H-pyrrole nitrogens is 1. The fourth-order valence-electron chi connectivity index (χ4n) is 1.24. The highest BCUT2D eigenvalue weighted by atomic mass is 16.6. The SMILES string of the molecule is NOCc1cccc2oc(=O)[nH]c12. The quantitative estimate of drug-likeness (QED) is 0.660. The normalized spacial score (nSPS) is 10.8. The van der Waals surface area contributed by atoms with Crippen molar-refractivity contribution in [1.82, 2.24) is 4.98 Å². The lowest BCUT2D eigenvalue weighted by Gasteiger charge is -1.97. The third kappa shape index (κ3) is 1.34. The number of nitrogens with one attached hydrogen (secondary N) is 1. The van der Waals surface area contributed by atoms with Gasteiger partial charge < -0.3 is 4.42 Å². The predicted octanol–water partition coefficient (Wildman–Crippen LogP) is 0.511. The van der Waals surface area contributed by atoms with Crippen molar-refractivity contribution in [2.75, 3.05) is 0 Å². The molecule has 0 aliphatic rings. The Hall–Kier alpha value is -1.59. The van der Waals surface area contributed by atoms with Gasteiger partial charge in [0.1, 0.15) is 0 Å². The van der Waals surface area contributed by atoms with Gasteiger partial charge in [-0.15, -0.1) is 0 Å². The van der Waals surface area contributed by atoms with Crippen molar-refractivity contribution in [3.8, 4) is 0 Å². The van der Waals surface area contributed by atoms with Gasteiger partial charge in [-0.05, 0) is 6.07 Å². The number of fused-ring (bicyclic) bond motifs is 1. The molecule has 0 unspecified atom stereocenters. The number of hydrogen-bond acceptors (Lipinski definition) is 4. The summed E-state index contributed by atoms with van der Waals surface area (Å²) in [6, 6.07) is 5.28. The molecule has 0 aliphatic heterocycles. The summed E-state index contributed by atoms with van der Waals surface area (Å²) in [5.74, 6) is 4.46. The highest BCUT2D eigenvalue weighted by Crippen LogP contribution is 2.14. The van der Waals surface area contributed by atoms with E-state index in [1.54, 1.807) is 18.2 Å². The Morgan fingerprint density at radius 1 is 1.54 bits per heavy atom. The first-order valence-electron chi connectivity index (χ1n) is 3.73. The lowest BCUT2D eigenvalue weighted by atomic mass is 10.2. The van der Waals surface area contributed by atoms with E-state index in [1.807, 2.05) is 0 Å². The Balaban J connectivity index is 2.67. The number of benzene rings is 1. The zero-order chi connectivity index (χ0) is 9.26. The Bertz CT molecular complexity index is 471. The van der Waals surface area contributed by atoms with Crippen LogP contribution in [0.25, 0.3) is 11.1 Å². The molecule has 1 heterocycles. The highest BCUT2D eigenvalue weighted by Gasteiger charge is 2.04. The van der Waals surface area contributed by atoms with E-state index in [0.29, 0.717) is 11.1 Å². The smallest absolute Gasteiger partial charge is 0.408 e. The molecule has 0 spiro atoms. The van der Waals surface area contributed by atoms with Crippen LogP contribution in [0, 0.1) is 0 Å². The number of para-hydroxylation sites is 1. The molecule has 13 heavy (non-hydrogen) atoms. The van der Waals surface area contributed by atoms with Gasteiger partial charge in [0.25, 0.3) is 0 Å². The molecule has 1 aromatic heterocycles. The van der Waals surface area contributed by atoms with Crippen LogP contribution in [0.15, 0.2) is 27.4 Å². The topological polar surface area (TPSA) is 81.2 Å². The molecule has 2 rings (SSSR count). The maximum Gasteiger partial charge on any atom is 0.417 e. The van der Waals surface area contributed by atoms with Gasteiger partial charge in [-0.3, -0.25) is 9.82 Å². The van der Waals surface area contributed by atoms with E-state index >= 15 is 0 Å². The van der Waals surface area contributed by atoms with E-state index in [9.17, 15) is 4.79 Å². The maximum absolute atomic E-state index is 10.9. The number of aromatic amines is 1. The highest BCUT2D eigenvalue weighted by molar-refractivity contribution is 5.75. The van der Waals surface area contributed by atoms with Gasteiger partial charge in [-0.1, -0.05) is 12.1 Å². The van der Waals surface area contributed by atoms with Gasteiger partial charge in [-0.25, -0.2) is 10.7 Å². The second-order valence-electron chi connectivity index (χ2n) is 2.62. The van der Waals surface area contributed by atoms with Crippen molar-refractivity contribution in [3.63, 3.8) is 0 Å². The molecule has 5 nitrogen and oxygen atoms in total. The summed E-state index contributed by atoms with van der Waals surface area (Å²) in [5.41, 5.74) is 1.95. The minimum atomic E-state index is -0.473. The average Bonchev–Trinajstić information content (AvgIpc) is 2.47. The van der Waals surface area contributed by atoms with E-state index in [1.165, 1.54) is 0 Å². The Morgan fingerprint density at radius 3 is 3.15 bits per heavy atom. The minimum absolute atomic E-state index is 0.243. The number of hydrogen-bond donors (Lipinski definition) is 2. The van der Waals surface area contributed by atoms with Gasteiger partial charge in [0, 0.05) is 5.56 Å². The number of aromatic nitrogens is 1. The van der Waals surface area contributed by atoms with Crippen LogP contribution in [0.4, 0.5) is 0 Å². The fraction of sp³-hybridized carbons (Fsp3) is 0.125. The van der Waals surface area contributed by atoms with Gasteiger partial charge in [-0.2, -0.15) is 0 Å². The van der Waals surface area contributed by atoms with Crippen molar-refractivity contribution in [2.45, 2.75) is 6.61 Å². The summed E-state index contributed by atoms with van der Waals surface area (Å²) >= 11 is 0. The van der Waals surface area contributed by atoms with Crippen LogP contribution >= 0.6 is 0 Å². The second kappa shape index (κ2) is 3.04. The Morgan fingerprint density at radius 2 is 2.38 bits per heavy atom. The molecule has 3 N–H and O–H groups in total. The number of rotatable bonds is 2. The van der Waals surface area contributed by atoms with E-state index < -0.39 is 5.76 Å². The first-order valence-corrected chi connectivity index (χ1v) is 3.73. The Kier molecular flexibility index (Phi) is 1.88. The molecule has 0 fully saturated rings. The molecule has 0 saturated carbocycles. The summed E-state index contributed by atoms with van der Waals surface area (Å²) in [6.45, 7) is 0.243. The predicted molar refractivity (Wildman–Crippen MR) is 45.8 cm³/mol. The lowest BCUT2D eigenvalue weighted by Crippen LogP contribution is -2.00. The second-order valence-corrected chi connectivity index (χ2v) is 2.62. The Labute approximate surface area is 73.1 Å². The van der Waals surface area contributed by atoms with E-state index in [2.05, 4.69) is 9.82 Å². The third-order valence-electron chi connectivity index (χ3n) is 1.78. The van der Waals surface area contributed by atoms with Gasteiger partial charge in [0.2, 0.25) is 0 Å². The fourth-order valence-corrected chi connectivity index (χ4v) is 1.24. The van der Waals surface area contributed by atoms with Crippen molar-refractivity contribution >= 4 is 11.1 Å². The van der Waals surface area contributed by atoms with Crippen molar-refractivity contribution in [1.29, 1.82) is 0 Å². The molecule has 0 saturated heterocycles. The van der Waals surface area contributed by atoms with Crippen LogP contribution in [0.1, 0.15) is 5.56 Å². The molecule has 0 radical (unpaired) electrons. The van der Waals surface area contributed by atoms with Crippen molar-refractivity contribution in [3.05, 3.63) is 34.3 Å². The zero-order valence-corrected chi connectivity index (χ0v) is 6.74. The molecule has 1 aromatic carbocycles. The maximum atomic E-state index is 10.9. The standard InChI is InChI=1S/C8H8N2O3/c9-12-4-5-2-1-3-6-7(5)10-8(11)13-6/h1-3H,4,9H2,(H,10,11). The number of oxazole rings is 1. The monoisotopic (exact) mass is 180 g/mol. The first-order chi connectivity index (χ1) is 6.31. The van der Waals surface area contributed by atoms with Crippen LogP contribution in [0.2, 0.25) is 0 Å². The molecule has 5 heteroatoms. The zero-order valence-electron chi connectivity index (χ0n) is 6.74. The largest absolute Gasteiger partial charge is 0.417 e. The summed E-state index contributed by atoms with van der Waals surface area (Å²) in [4.78, 5) is 17.9. The lowest BCUT2D eigenvalue weighted by molar-refractivity contribution is 0.125.